The van der Waals surface area contributed by atoms with Crippen LogP contribution in [0.1, 0.15) is 156 Å². The second-order valence-electron chi connectivity index (χ2n) is 26.4. The summed E-state index contributed by atoms with van der Waals surface area (Å²) in [5.74, 6) is -11.2. The van der Waals surface area contributed by atoms with E-state index in [4.69, 9.17) is 4.74 Å². The van der Waals surface area contributed by atoms with E-state index in [0.717, 1.165) is 16.7 Å². The predicted octanol–water partition coefficient (Wildman–Crippen LogP) is 2.26. The van der Waals surface area contributed by atoms with Crippen molar-refractivity contribution in [3.8, 4) is 0 Å². The Bertz CT molecular complexity index is 2380. The SMILES string of the molecule is CC[C@@H]1NC(=O)[C@H]([C@H](OC(C)=O)[C@H](C)CCO)N(C)C(=O)[C@H](C(C)C)N(C)C(=O)[C@H](CC(C)C)N(C)C(=O)[C@H](CC(C)C)N(C)C(=O)[C@@H](C)NC(=O)[C@H](C)NC(=O)[C@H](CC(C)C)N(C)C(=O)[C@H](C(C)C)NC(=O)[C@H](CC(C)C)N(C)C(=O)CN(C)C1=O. The molecule has 1 saturated heterocycles. The van der Waals surface area contributed by atoms with E-state index in [0.29, 0.717) is 0 Å². The normalized spacial score (nSPS) is 26.4. The van der Waals surface area contributed by atoms with Gasteiger partial charge in [-0.25, -0.2) is 0 Å². The van der Waals surface area contributed by atoms with Crippen LogP contribution < -0.4 is 21.3 Å². The van der Waals surface area contributed by atoms with Gasteiger partial charge in [0, 0.05) is 62.9 Å². The molecule has 0 spiro atoms. The van der Waals surface area contributed by atoms with Crippen molar-refractivity contribution in [2.24, 2.45) is 41.4 Å². The average Bonchev–Trinajstić information content (AvgIpc) is 1.40. The highest BCUT2D eigenvalue weighted by molar-refractivity contribution is 5.99. The summed E-state index contributed by atoms with van der Waals surface area (Å²) in [5, 5.41) is 21.0. The first-order valence-corrected chi connectivity index (χ1v) is 30.9. The molecule has 1 aliphatic heterocycles. The highest BCUT2D eigenvalue weighted by atomic mass is 16.5. The van der Waals surface area contributed by atoms with Crippen LogP contribution in [0.4, 0.5) is 0 Å². The molecule has 1 fully saturated rings. The second kappa shape index (κ2) is 35.6. The summed E-state index contributed by atoms with van der Waals surface area (Å²) in [5.41, 5.74) is 0. The predicted molar refractivity (Wildman–Crippen MR) is 330 cm³/mol. The summed E-state index contributed by atoms with van der Waals surface area (Å²) in [6.07, 6.45) is -0.925. The quantitative estimate of drug-likeness (QED) is 0.139. The number of nitrogens with one attached hydrogen (secondary N) is 4. The van der Waals surface area contributed by atoms with Crippen LogP contribution in [-0.2, 0) is 62.3 Å². The molecule has 11 amide bonds. The first-order chi connectivity index (χ1) is 40.1. The molecule has 0 aromatic rings. The molecule has 12 atom stereocenters. The Morgan fingerprint density at radius 2 is 0.897 bits per heavy atom. The Balaban J connectivity index is 4.41. The molecular formula is C62H111N11O14. The van der Waals surface area contributed by atoms with E-state index in [1.54, 1.807) is 41.5 Å². The smallest absolute Gasteiger partial charge is 0.303 e. The molecular weight excluding hydrogens is 1120 g/mol. The average molecular weight is 1230 g/mol. The van der Waals surface area contributed by atoms with Crippen LogP contribution in [-0.4, -0.2) is 239 Å². The highest BCUT2D eigenvalue weighted by Crippen LogP contribution is 2.27. The second-order valence-corrected chi connectivity index (χ2v) is 26.4. The van der Waals surface area contributed by atoms with E-state index in [1.807, 2.05) is 55.4 Å². The zero-order valence-corrected chi connectivity index (χ0v) is 56.9. The third-order valence-electron chi connectivity index (χ3n) is 16.2. The van der Waals surface area contributed by atoms with Gasteiger partial charge in [-0.3, -0.25) is 57.5 Å². The van der Waals surface area contributed by atoms with Crippen molar-refractivity contribution in [2.75, 3.05) is 62.5 Å². The first-order valence-electron chi connectivity index (χ1n) is 30.9. The maximum atomic E-state index is 15.3. The van der Waals surface area contributed by atoms with Crippen LogP contribution >= 0.6 is 0 Å². The van der Waals surface area contributed by atoms with Crippen molar-refractivity contribution in [3.63, 3.8) is 0 Å². The summed E-state index contributed by atoms with van der Waals surface area (Å²) in [7, 11) is 9.73. The molecule has 1 heterocycles. The molecule has 0 aromatic heterocycles. The minimum absolute atomic E-state index is 0.00537. The van der Waals surface area contributed by atoms with Gasteiger partial charge in [0.1, 0.15) is 66.5 Å². The molecule has 0 saturated carbocycles. The molecule has 0 aromatic carbocycles. The Kier molecular flexibility index (Phi) is 32.1. The van der Waals surface area contributed by atoms with Gasteiger partial charge in [-0.2, -0.15) is 0 Å². The van der Waals surface area contributed by atoms with Gasteiger partial charge in [-0.1, -0.05) is 96.9 Å². The fourth-order valence-electron chi connectivity index (χ4n) is 10.9. The molecule has 0 aliphatic carbocycles. The number of amides is 11. The van der Waals surface area contributed by atoms with E-state index in [-0.39, 0.29) is 62.2 Å². The molecule has 0 bridgehead atoms. The van der Waals surface area contributed by atoms with Crippen LogP contribution in [0.2, 0.25) is 0 Å². The van der Waals surface area contributed by atoms with Crippen molar-refractivity contribution in [1.29, 1.82) is 0 Å². The van der Waals surface area contributed by atoms with Crippen molar-refractivity contribution in [2.45, 2.75) is 223 Å². The summed E-state index contributed by atoms with van der Waals surface area (Å²) < 4.78 is 5.81. The summed E-state index contributed by atoms with van der Waals surface area (Å²) in [4.78, 5) is 182. The molecule has 25 nitrogen and oxygen atoms in total. The van der Waals surface area contributed by atoms with Gasteiger partial charge in [0.05, 0.1) is 6.54 Å². The Labute approximate surface area is 518 Å². The maximum absolute atomic E-state index is 15.3. The third-order valence-corrected chi connectivity index (χ3v) is 16.2. The van der Waals surface area contributed by atoms with Gasteiger partial charge >= 0.3 is 5.97 Å². The number of likely N-dealkylation sites (N-methyl/N-ethyl adjacent to an activating group) is 7. The maximum Gasteiger partial charge on any atom is 0.303 e. The molecule has 1 aliphatic rings. The monoisotopic (exact) mass is 1230 g/mol. The molecule has 0 radical (unpaired) electrons. The number of aliphatic hydroxyl groups excluding tert-OH is 1. The number of hydrogen-bond acceptors (Lipinski definition) is 14. The van der Waals surface area contributed by atoms with E-state index < -0.39 is 168 Å². The number of aliphatic hydroxyl groups is 1. The highest BCUT2D eigenvalue weighted by Gasteiger charge is 2.47. The van der Waals surface area contributed by atoms with Gasteiger partial charge in [-0.15, -0.1) is 0 Å². The number of rotatable bonds is 16. The van der Waals surface area contributed by atoms with Crippen molar-refractivity contribution in [1.82, 2.24) is 55.6 Å². The fourth-order valence-corrected chi connectivity index (χ4v) is 10.9. The summed E-state index contributed by atoms with van der Waals surface area (Å²) in [6.45, 7) is 27.8. The summed E-state index contributed by atoms with van der Waals surface area (Å²) >= 11 is 0. The van der Waals surface area contributed by atoms with Gasteiger partial charge in [0.2, 0.25) is 65.0 Å². The molecule has 498 valence electrons. The minimum atomic E-state index is -1.68. The molecule has 5 N–H and O–H groups in total. The van der Waals surface area contributed by atoms with Gasteiger partial charge < -0.3 is 65.4 Å². The lowest BCUT2D eigenvalue weighted by molar-refractivity contribution is -0.164. The van der Waals surface area contributed by atoms with Crippen LogP contribution in [0.25, 0.3) is 0 Å². The van der Waals surface area contributed by atoms with Crippen molar-refractivity contribution in [3.05, 3.63) is 0 Å². The summed E-state index contributed by atoms with van der Waals surface area (Å²) in [6, 6.07) is -12.7. The van der Waals surface area contributed by atoms with Gasteiger partial charge in [0.25, 0.3) is 0 Å². The van der Waals surface area contributed by atoms with Crippen LogP contribution in [0.5, 0.6) is 0 Å². The zero-order valence-electron chi connectivity index (χ0n) is 56.9. The topological polar surface area (TPSA) is 305 Å². The Morgan fingerprint density at radius 3 is 1.33 bits per heavy atom. The third kappa shape index (κ3) is 22.3. The van der Waals surface area contributed by atoms with E-state index in [9.17, 15) is 48.3 Å². The lowest BCUT2D eigenvalue weighted by atomic mass is 9.91. The van der Waals surface area contributed by atoms with Crippen molar-refractivity contribution >= 4 is 70.9 Å². The molecule has 25 heteroatoms. The zero-order chi connectivity index (χ0) is 67.6. The van der Waals surface area contributed by atoms with E-state index >= 15 is 14.4 Å². The van der Waals surface area contributed by atoms with Crippen LogP contribution in [0.15, 0.2) is 0 Å². The number of hydrogen-bond donors (Lipinski definition) is 5. The lowest BCUT2D eigenvalue weighted by Gasteiger charge is -2.42. The Morgan fingerprint density at radius 1 is 0.483 bits per heavy atom. The first kappa shape index (κ1) is 78.6. The fraction of sp³-hybridized carbons (Fsp3) is 0.806. The lowest BCUT2D eigenvalue weighted by Crippen LogP contribution is -2.64. The van der Waals surface area contributed by atoms with E-state index in [2.05, 4.69) is 21.3 Å². The molecule has 87 heavy (non-hydrogen) atoms. The molecule has 0 unspecified atom stereocenters. The molecule has 1 rings (SSSR count). The number of ether oxygens (including phenoxy) is 1. The number of esters is 1. The largest absolute Gasteiger partial charge is 0.459 e. The number of carbonyl (C=O) groups is 12. The van der Waals surface area contributed by atoms with Crippen LogP contribution in [0, 0.1) is 41.4 Å². The van der Waals surface area contributed by atoms with Crippen molar-refractivity contribution < 1.29 is 67.4 Å². The standard InChI is InChI=1S/C62H111N11O14/c1-25-43-58(82)67(18)32-48(76)68(19)44(28-33(2)3)55(79)66-49(37(10)11)61(85)69(20)45(29-34(4)5)54(78)63-40(15)53(77)64-41(16)57(81)70(21)46(30-35(6)7)59(83)71(22)47(31-36(8)9)60(84)72(23)50(38(12)13)62(86)73(24)51(56(80)65-43)52(87-42(17)75)39(14)26-27-74/h33-41,43-47,49-52,74H,25-32H2,1-24H3,(H,63,78)(H,64,77)(H,65,80)(H,66,79)/t39-,40+,41-,43+,44+,45+,46+,47+,49+,50+,51+,52-/m1/s1. The van der Waals surface area contributed by atoms with Gasteiger partial charge in [-0.05, 0) is 93.8 Å². The van der Waals surface area contributed by atoms with E-state index in [1.165, 1.54) is 87.7 Å². The van der Waals surface area contributed by atoms with Crippen LogP contribution in [0.3, 0.4) is 0 Å². The number of carbonyl (C=O) groups excluding carboxylic acids is 12. The minimum Gasteiger partial charge on any atom is -0.459 e. The number of nitrogens with zero attached hydrogens (tertiary/aromatic N) is 7. The Hall–Kier alpha value is -6.40. The van der Waals surface area contributed by atoms with Gasteiger partial charge in [0.15, 0.2) is 0 Å².